The van der Waals surface area contributed by atoms with E-state index in [4.69, 9.17) is 20.6 Å². The molecule has 4 nitrogen and oxygen atoms in total. The number of benzene rings is 1. The first-order valence-electron chi connectivity index (χ1n) is 6.99. The summed E-state index contributed by atoms with van der Waals surface area (Å²) in [5.74, 6) is 0. The van der Waals surface area contributed by atoms with Gasteiger partial charge in [0.1, 0.15) is 0 Å². The topological polar surface area (TPSA) is 48.4 Å². The molecule has 0 aliphatic heterocycles. The van der Waals surface area contributed by atoms with Crippen molar-refractivity contribution in [2.75, 3.05) is 19.4 Å². The highest BCUT2D eigenvalue weighted by molar-refractivity contribution is 7.53. The first-order valence-corrected chi connectivity index (χ1v) is 9.10. The van der Waals surface area contributed by atoms with Crippen LogP contribution < -0.4 is 0 Å². The fraction of sp³-hybridized carbons (Fsp3) is 0.400. The first-order chi connectivity index (χ1) is 10.1. The molecule has 0 amide bonds. The lowest BCUT2D eigenvalue weighted by Gasteiger charge is -2.17. The number of hydrogen-bond donors (Lipinski definition) is 0. The smallest absolute Gasteiger partial charge is 0.309 e. The highest BCUT2D eigenvalue weighted by atomic mass is 35.5. The second-order valence-corrected chi connectivity index (χ2v) is 7.17. The third kappa shape index (κ3) is 4.27. The maximum Gasteiger partial charge on any atom is 0.330 e. The van der Waals surface area contributed by atoms with E-state index in [1.54, 1.807) is 6.20 Å². The average Bonchev–Trinajstić information content (AvgIpc) is 2.45. The fourth-order valence-electron chi connectivity index (χ4n) is 2.22. The molecule has 2 aromatic rings. The van der Waals surface area contributed by atoms with Crippen molar-refractivity contribution < 1.29 is 13.6 Å². The summed E-state index contributed by atoms with van der Waals surface area (Å²) >= 11 is 5.98. The predicted molar refractivity (Wildman–Crippen MR) is 86.2 cm³/mol. The van der Waals surface area contributed by atoms with Gasteiger partial charge in [0.2, 0.25) is 0 Å². The molecule has 1 heterocycles. The van der Waals surface area contributed by atoms with Crippen LogP contribution in [-0.4, -0.2) is 24.4 Å². The van der Waals surface area contributed by atoms with E-state index in [0.717, 1.165) is 16.5 Å². The van der Waals surface area contributed by atoms with Crippen molar-refractivity contribution in [3.8, 4) is 0 Å². The quantitative estimate of drug-likeness (QED) is 0.692. The van der Waals surface area contributed by atoms with Crippen LogP contribution in [0.5, 0.6) is 0 Å². The molecule has 2 rings (SSSR count). The zero-order valence-corrected chi connectivity index (χ0v) is 13.9. The summed E-state index contributed by atoms with van der Waals surface area (Å²) in [5, 5.41) is 1.67. The van der Waals surface area contributed by atoms with Gasteiger partial charge in [0.25, 0.3) is 0 Å². The molecule has 6 heteroatoms. The second-order valence-electron chi connectivity index (χ2n) is 4.55. The number of nitrogens with zero attached hydrogens (tertiary/aromatic N) is 1. The fourth-order valence-corrected chi connectivity index (χ4v) is 4.02. The van der Waals surface area contributed by atoms with Gasteiger partial charge in [-0.15, -0.1) is 0 Å². The third-order valence-electron chi connectivity index (χ3n) is 3.10. The molecule has 21 heavy (non-hydrogen) atoms. The van der Waals surface area contributed by atoms with Gasteiger partial charge in [-0.1, -0.05) is 17.7 Å². The van der Waals surface area contributed by atoms with Gasteiger partial charge in [0, 0.05) is 16.6 Å². The van der Waals surface area contributed by atoms with Crippen LogP contribution in [0.1, 0.15) is 19.4 Å². The minimum Gasteiger partial charge on any atom is -0.309 e. The van der Waals surface area contributed by atoms with Gasteiger partial charge >= 0.3 is 7.60 Å². The van der Waals surface area contributed by atoms with Crippen molar-refractivity contribution in [3.63, 3.8) is 0 Å². The van der Waals surface area contributed by atoms with E-state index in [-0.39, 0.29) is 0 Å². The number of rotatable bonds is 7. The van der Waals surface area contributed by atoms with E-state index >= 15 is 0 Å². The van der Waals surface area contributed by atoms with Gasteiger partial charge in [-0.05, 0) is 44.0 Å². The zero-order valence-electron chi connectivity index (χ0n) is 12.2. The second kappa shape index (κ2) is 7.37. The molecule has 0 aliphatic carbocycles. The van der Waals surface area contributed by atoms with Crippen molar-refractivity contribution in [2.45, 2.75) is 20.3 Å². The van der Waals surface area contributed by atoms with Crippen molar-refractivity contribution in [1.29, 1.82) is 0 Å². The Kier molecular flexibility index (Phi) is 5.77. The molecule has 0 bridgehead atoms. The maximum absolute atomic E-state index is 12.5. The molecular formula is C15H19ClNO3P. The van der Waals surface area contributed by atoms with Gasteiger partial charge in [-0.3, -0.25) is 9.55 Å². The zero-order chi connectivity index (χ0) is 15.3. The molecule has 0 atom stereocenters. The minimum atomic E-state index is -3.02. The van der Waals surface area contributed by atoms with Crippen LogP contribution in [0.15, 0.2) is 30.5 Å². The summed E-state index contributed by atoms with van der Waals surface area (Å²) in [4.78, 5) is 4.30. The Morgan fingerprint density at radius 1 is 1.19 bits per heavy atom. The first kappa shape index (κ1) is 16.4. The number of fused-ring (bicyclic) bond motifs is 1. The highest BCUT2D eigenvalue weighted by Gasteiger charge is 2.23. The summed E-state index contributed by atoms with van der Waals surface area (Å²) in [5.41, 5.74) is 1.90. The van der Waals surface area contributed by atoms with Crippen LogP contribution in [0.2, 0.25) is 5.02 Å². The van der Waals surface area contributed by atoms with Gasteiger partial charge < -0.3 is 9.05 Å². The Morgan fingerprint density at radius 3 is 2.57 bits per heavy atom. The van der Waals surface area contributed by atoms with Gasteiger partial charge in [0.05, 0.1) is 24.9 Å². The molecule has 0 fully saturated rings. The van der Waals surface area contributed by atoms with Gasteiger partial charge in [0.15, 0.2) is 0 Å². The Bertz CT molecular complexity index is 652. The summed E-state index contributed by atoms with van der Waals surface area (Å²) in [6.07, 6.45) is 2.70. The number of pyridine rings is 1. The van der Waals surface area contributed by atoms with Crippen LogP contribution in [0, 0.1) is 0 Å². The highest BCUT2D eigenvalue weighted by Crippen LogP contribution is 2.48. The predicted octanol–water partition coefficient (Wildman–Crippen LogP) is 4.70. The van der Waals surface area contributed by atoms with Crippen LogP contribution in [0.3, 0.4) is 0 Å². The van der Waals surface area contributed by atoms with E-state index in [0.29, 0.717) is 30.8 Å². The number of hydrogen-bond acceptors (Lipinski definition) is 4. The molecule has 1 aromatic carbocycles. The van der Waals surface area contributed by atoms with Gasteiger partial charge in [-0.25, -0.2) is 0 Å². The minimum absolute atomic E-state index is 0.358. The van der Waals surface area contributed by atoms with E-state index in [2.05, 4.69) is 4.98 Å². The number of halogens is 1. The Morgan fingerprint density at radius 2 is 1.90 bits per heavy atom. The van der Waals surface area contributed by atoms with Crippen LogP contribution in [0.4, 0.5) is 0 Å². The lowest BCUT2D eigenvalue weighted by atomic mass is 10.1. The summed E-state index contributed by atoms with van der Waals surface area (Å²) < 4.78 is 23.1. The molecule has 0 saturated heterocycles. The molecule has 114 valence electrons. The van der Waals surface area contributed by atoms with Crippen molar-refractivity contribution in [1.82, 2.24) is 4.98 Å². The van der Waals surface area contributed by atoms with Crippen molar-refractivity contribution in [3.05, 3.63) is 41.0 Å². The van der Waals surface area contributed by atoms with E-state index in [9.17, 15) is 4.57 Å². The lowest BCUT2D eigenvalue weighted by Crippen LogP contribution is -2.03. The summed E-state index contributed by atoms with van der Waals surface area (Å²) in [6.45, 7) is 4.39. The molecule has 0 spiro atoms. The van der Waals surface area contributed by atoms with Crippen LogP contribution in [0.25, 0.3) is 10.9 Å². The third-order valence-corrected chi connectivity index (χ3v) is 5.41. The molecule has 0 unspecified atom stereocenters. The van der Waals surface area contributed by atoms with Crippen molar-refractivity contribution >= 4 is 30.1 Å². The lowest BCUT2D eigenvalue weighted by molar-refractivity contribution is 0.220. The monoisotopic (exact) mass is 327 g/mol. The average molecular weight is 328 g/mol. The summed E-state index contributed by atoms with van der Waals surface area (Å²) in [6, 6.07) is 7.52. The molecular weight excluding hydrogens is 309 g/mol. The van der Waals surface area contributed by atoms with E-state index in [1.165, 1.54) is 0 Å². The standard InChI is InChI=1S/C15H19ClNO3P/c1-3-19-21(18,20-4-2)10-8-12-7-9-17-15-11-13(16)5-6-14(12)15/h5-7,9,11H,3-4,8,10H2,1-2H3. The van der Waals surface area contributed by atoms with Gasteiger partial charge in [-0.2, -0.15) is 0 Å². The molecule has 0 aliphatic rings. The number of aromatic nitrogens is 1. The normalized spacial score (nSPS) is 12.0. The molecule has 0 saturated carbocycles. The maximum atomic E-state index is 12.5. The van der Waals surface area contributed by atoms with Crippen molar-refractivity contribution in [2.24, 2.45) is 0 Å². The Balaban J connectivity index is 2.21. The largest absolute Gasteiger partial charge is 0.330 e. The van der Waals surface area contributed by atoms with E-state index < -0.39 is 7.60 Å². The van der Waals surface area contributed by atoms with Crippen LogP contribution >= 0.6 is 19.2 Å². The Hall–Kier alpha value is -0.930. The van der Waals surface area contributed by atoms with Crippen LogP contribution in [-0.2, 0) is 20.0 Å². The summed E-state index contributed by atoms with van der Waals surface area (Å²) in [7, 11) is -3.02. The SMILES string of the molecule is CCOP(=O)(CCc1ccnc2cc(Cl)ccc12)OCC. The molecule has 1 aromatic heterocycles. The Labute approximate surface area is 130 Å². The number of aryl methyl sites for hydroxylation is 1. The molecule has 0 N–H and O–H groups in total. The van der Waals surface area contributed by atoms with E-state index in [1.807, 2.05) is 38.1 Å². The molecule has 0 radical (unpaired) electrons.